The van der Waals surface area contributed by atoms with Crippen LogP contribution < -0.4 is 16.8 Å². The highest BCUT2D eigenvalue weighted by Gasteiger charge is 2.23. The molecule has 0 amide bonds. The number of nitrogens with two attached hydrogens (primary N) is 1. The van der Waals surface area contributed by atoms with Gasteiger partial charge in [-0.2, -0.15) is 4.98 Å². The summed E-state index contributed by atoms with van der Waals surface area (Å²) >= 11 is 1.70. The fourth-order valence-corrected chi connectivity index (χ4v) is 4.51. The zero-order valence-corrected chi connectivity index (χ0v) is 12.8. The Bertz CT molecular complexity index is 898. The maximum Gasteiger partial charge on any atom is 0.283 e. The number of hydrogen-bond donors (Lipinski definition) is 2. The molecule has 0 radical (unpaired) electrons. The lowest BCUT2D eigenvalue weighted by Gasteiger charge is -2.13. The zero-order valence-electron chi connectivity index (χ0n) is 12.0. The van der Waals surface area contributed by atoms with Crippen molar-refractivity contribution in [1.82, 2.24) is 9.55 Å². The van der Waals surface area contributed by atoms with Gasteiger partial charge in [-0.15, -0.1) is 11.3 Å². The fraction of sp³-hybridized carbons (Fsp3) is 0.250. The Labute approximate surface area is 131 Å². The summed E-state index contributed by atoms with van der Waals surface area (Å²) in [5.74, 6) is 6.01. The highest BCUT2D eigenvalue weighted by molar-refractivity contribution is 7.19. The zero-order chi connectivity index (χ0) is 15.1. The Morgan fingerprint density at radius 1 is 1.27 bits per heavy atom. The summed E-state index contributed by atoms with van der Waals surface area (Å²) in [6, 6.07) is 10.1. The number of hydrogen-bond acceptors (Lipinski definition) is 5. The van der Waals surface area contributed by atoms with E-state index in [0.29, 0.717) is 12.5 Å². The summed E-state index contributed by atoms with van der Waals surface area (Å²) in [7, 11) is 0. The van der Waals surface area contributed by atoms with Crippen LogP contribution >= 0.6 is 11.3 Å². The molecule has 4 rings (SSSR count). The van der Waals surface area contributed by atoms with Crippen LogP contribution in [0, 0.1) is 0 Å². The summed E-state index contributed by atoms with van der Waals surface area (Å²) in [6.07, 6.45) is 3.17. The summed E-state index contributed by atoms with van der Waals surface area (Å²) < 4.78 is 2.01. The molecule has 0 unspecified atom stereocenters. The van der Waals surface area contributed by atoms with Crippen LogP contribution in [-0.2, 0) is 19.4 Å². The van der Waals surface area contributed by atoms with Gasteiger partial charge in [0, 0.05) is 4.88 Å². The van der Waals surface area contributed by atoms with Crippen molar-refractivity contribution in [3.63, 3.8) is 0 Å². The van der Waals surface area contributed by atoms with Crippen molar-refractivity contribution in [1.29, 1.82) is 0 Å². The van der Waals surface area contributed by atoms with Crippen molar-refractivity contribution in [2.75, 3.05) is 5.43 Å². The van der Waals surface area contributed by atoms with E-state index < -0.39 is 0 Å². The highest BCUT2D eigenvalue weighted by atomic mass is 32.1. The van der Waals surface area contributed by atoms with Gasteiger partial charge in [-0.05, 0) is 30.4 Å². The predicted molar refractivity (Wildman–Crippen MR) is 89.3 cm³/mol. The molecule has 1 aliphatic rings. The number of aromatic nitrogens is 2. The minimum absolute atomic E-state index is 0.174. The Hall–Kier alpha value is -2.18. The van der Waals surface area contributed by atoms with Gasteiger partial charge in [-0.3, -0.25) is 14.8 Å². The lowest BCUT2D eigenvalue weighted by molar-refractivity contribution is 0.807. The molecule has 0 fully saturated rings. The van der Waals surface area contributed by atoms with E-state index in [-0.39, 0.29) is 5.56 Å². The molecule has 5 nitrogen and oxygen atoms in total. The summed E-state index contributed by atoms with van der Waals surface area (Å²) in [6.45, 7) is 0.642. The van der Waals surface area contributed by atoms with Crippen LogP contribution in [-0.4, -0.2) is 9.55 Å². The van der Waals surface area contributed by atoms with Crippen LogP contribution in [0.4, 0.5) is 5.95 Å². The van der Waals surface area contributed by atoms with E-state index >= 15 is 0 Å². The van der Waals surface area contributed by atoms with Gasteiger partial charge in [0.05, 0.1) is 11.9 Å². The molecule has 1 aliphatic carbocycles. The first-order valence-corrected chi connectivity index (χ1v) is 8.15. The van der Waals surface area contributed by atoms with Gasteiger partial charge in [0.15, 0.2) is 0 Å². The van der Waals surface area contributed by atoms with Crippen LogP contribution in [0.2, 0.25) is 0 Å². The van der Waals surface area contributed by atoms with E-state index in [1.54, 1.807) is 11.3 Å². The molecule has 3 aromatic rings. The van der Waals surface area contributed by atoms with Gasteiger partial charge in [-0.1, -0.05) is 30.3 Å². The van der Waals surface area contributed by atoms with E-state index in [9.17, 15) is 4.79 Å². The van der Waals surface area contributed by atoms with E-state index in [0.717, 1.165) is 35.0 Å². The van der Waals surface area contributed by atoms with Crippen LogP contribution in [0.5, 0.6) is 0 Å². The minimum atomic E-state index is -0.174. The molecule has 0 saturated carbocycles. The van der Waals surface area contributed by atoms with E-state index in [1.165, 1.54) is 10.4 Å². The maximum atomic E-state index is 12.4. The molecule has 0 aliphatic heterocycles. The first kappa shape index (κ1) is 13.5. The van der Waals surface area contributed by atoms with Gasteiger partial charge < -0.3 is 0 Å². The lowest BCUT2D eigenvalue weighted by atomic mass is 10.2. The van der Waals surface area contributed by atoms with Gasteiger partial charge in [0.1, 0.15) is 4.83 Å². The molecule has 0 saturated heterocycles. The number of anilines is 1. The number of hydrazine groups is 1. The molecule has 1 aromatic carbocycles. The minimum Gasteiger partial charge on any atom is -0.297 e. The Morgan fingerprint density at radius 2 is 2.09 bits per heavy atom. The average molecular weight is 312 g/mol. The summed E-state index contributed by atoms with van der Waals surface area (Å²) in [4.78, 5) is 18.8. The largest absolute Gasteiger partial charge is 0.297 e. The van der Waals surface area contributed by atoms with Crippen LogP contribution in [0.15, 0.2) is 35.1 Å². The number of benzene rings is 1. The molecule has 2 heterocycles. The average Bonchev–Trinajstić information content (AvgIpc) is 3.11. The molecular formula is C16H16N4OS. The molecule has 3 N–H and O–H groups in total. The first-order valence-electron chi connectivity index (χ1n) is 7.33. The molecule has 0 atom stereocenters. The van der Waals surface area contributed by atoms with Crippen LogP contribution in [0.25, 0.3) is 10.2 Å². The quantitative estimate of drug-likeness (QED) is 0.575. The van der Waals surface area contributed by atoms with Crippen molar-refractivity contribution in [3.8, 4) is 0 Å². The number of thiophene rings is 1. The first-order chi connectivity index (χ1) is 10.8. The molecule has 0 bridgehead atoms. The third-order valence-corrected chi connectivity index (χ3v) is 5.45. The number of nitrogen functional groups attached to an aromatic ring is 1. The predicted octanol–water partition coefficient (Wildman–Crippen LogP) is 2.28. The van der Waals surface area contributed by atoms with Gasteiger partial charge >= 0.3 is 0 Å². The van der Waals surface area contributed by atoms with Crippen molar-refractivity contribution >= 4 is 27.5 Å². The maximum absolute atomic E-state index is 12.4. The van der Waals surface area contributed by atoms with Crippen molar-refractivity contribution in [2.45, 2.75) is 25.8 Å². The SMILES string of the molecule is NNc1nc(=O)c2c3c(sc2n1Cc1ccccc1)CCC3. The van der Waals surface area contributed by atoms with Crippen LogP contribution in [0.1, 0.15) is 22.4 Å². The Kier molecular flexibility index (Phi) is 3.20. The Balaban J connectivity index is 1.96. The van der Waals surface area contributed by atoms with Crippen molar-refractivity contribution < 1.29 is 0 Å². The Morgan fingerprint density at radius 3 is 2.86 bits per heavy atom. The topological polar surface area (TPSA) is 72.9 Å². The second-order valence-electron chi connectivity index (χ2n) is 5.49. The lowest BCUT2D eigenvalue weighted by Crippen LogP contribution is -2.22. The smallest absolute Gasteiger partial charge is 0.283 e. The molecule has 2 aromatic heterocycles. The van der Waals surface area contributed by atoms with Crippen LogP contribution in [0.3, 0.4) is 0 Å². The monoisotopic (exact) mass is 312 g/mol. The van der Waals surface area contributed by atoms with Gasteiger partial charge in [-0.25, -0.2) is 5.84 Å². The molecule has 22 heavy (non-hydrogen) atoms. The number of nitrogens with one attached hydrogen (secondary N) is 1. The van der Waals surface area contributed by atoms with E-state index in [4.69, 9.17) is 5.84 Å². The van der Waals surface area contributed by atoms with E-state index in [2.05, 4.69) is 22.5 Å². The molecular weight excluding hydrogens is 296 g/mol. The number of rotatable bonds is 3. The van der Waals surface area contributed by atoms with Gasteiger partial charge in [0.25, 0.3) is 5.56 Å². The number of fused-ring (bicyclic) bond motifs is 3. The van der Waals surface area contributed by atoms with Gasteiger partial charge in [0.2, 0.25) is 5.95 Å². The fourth-order valence-electron chi connectivity index (χ4n) is 3.13. The molecule has 0 spiro atoms. The third-order valence-electron chi connectivity index (χ3n) is 4.14. The highest BCUT2D eigenvalue weighted by Crippen LogP contribution is 2.36. The normalized spacial score (nSPS) is 13.5. The third kappa shape index (κ3) is 2.03. The van der Waals surface area contributed by atoms with E-state index in [1.807, 2.05) is 22.8 Å². The summed E-state index contributed by atoms with van der Waals surface area (Å²) in [5, 5.41) is 0.785. The van der Waals surface area contributed by atoms with Crippen molar-refractivity contribution in [2.24, 2.45) is 5.84 Å². The number of aryl methyl sites for hydroxylation is 2. The second-order valence-corrected chi connectivity index (χ2v) is 6.58. The second kappa shape index (κ2) is 5.23. The standard InChI is InChI=1S/C16H16N4OS/c17-19-16-18-14(21)13-11-7-4-8-12(11)22-15(13)20(16)9-10-5-2-1-3-6-10/h1-3,5-6H,4,7-9,17H2,(H,18,19,21). The molecule has 6 heteroatoms. The molecule has 112 valence electrons. The summed E-state index contributed by atoms with van der Waals surface area (Å²) in [5.41, 5.74) is 4.75. The van der Waals surface area contributed by atoms with Crippen molar-refractivity contribution in [3.05, 3.63) is 56.7 Å². The number of nitrogens with zero attached hydrogens (tertiary/aromatic N) is 2.